The first-order chi connectivity index (χ1) is 12.7. The summed E-state index contributed by atoms with van der Waals surface area (Å²) >= 11 is 0. The molecule has 6 heteroatoms. The highest BCUT2D eigenvalue weighted by Gasteiger charge is 2.49. The molecule has 0 amide bonds. The van der Waals surface area contributed by atoms with Crippen LogP contribution in [0.3, 0.4) is 0 Å². The van der Waals surface area contributed by atoms with Gasteiger partial charge in [0.2, 0.25) is 0 Å². The van der Waals surface area contributed by atoms with Crippen LogP contribution in [-0.4, -0.2) is 33.0 Å². The van der Waals surface area contributed by atoms with Crippen molar-refractivity contribution in [1.82, 2.24) is 5.32 Å². The van der Waals surface area contributed by atoms with Crippen LogP contribution in [0.1, 0.15) is 56.2 Å². The van der Waals surface area contributed by atoms with Crippen LogP contribution in [0, 0.1) is 0 Å². The Morgan fingerprint density at radius 2 is 2.08 bits per heavy atom. The van der Waals surface area contributed by atoms with Crippen LogP contribution in [0.2, 0.25) is 0 Å². The highest BCUT2D eigenvalue weighted by molar-refractivity contribution is 5.76. The van der Waals surface area contributed by atoms with E-state index >= 15 is 0 Å². The van der Waals surface area contributed by atoms with E-state index in [1.165, 1.54) is 30.4 Å². The van der Waals surface area contributed by atoms with Gasteiger partial charge in [0.25, 0.3) is 6.02 Å². The third-order valence-corrected chi connectivity index (χ3v) is 5.04. The summed E-state index contributed by atoms with van der Waals surface area (Å²) in [6.45, 7) is 4.91. The van der Waals surface area contributed by atoms with Crippen molar-refractivity contribution in [3.05, 3.63) is 28.8 Å². The molecule has 1 aromatic rings. The SMILES string of the molecule is CCCCCCc1c(CC)ccc(C2(OC)OC3=NCC(N3)O2)c1OC. The number of methoxy groups -OCH3 is 2. The minimum absolute atomic E-state index is 0.248. The zero-order valence-corrected chi connectivity index (χ0v) is 16.3. The molecule has 1 saturated heterocycles. The van der Waals surface area contributed by atoms with Gasteiger partial charge in [-0.15, -0.1) is 0 Å². The maximum atomic E-state index is 6.06. The fourth-order valence-corrected chi connectivity index (χ4v) is 3.66. The van der Waals surface area contributed by atoms with Crippen LogP contribution in [0.25, 0.3) is 0 Å². The number of aliphatic imine (C=N–C) groups is 1. The number of nitrogens with one attached hydrogen (secondary N) is 1. The Kier molecular flexibility index (Phi) is 6.04. The third kappa shape index (κ3) is 3.53. The standard InChI is InChI=1S/C20H30N2O4/c1-5-7-8-9-10-15-14(6-2)11-12-16(18(15)23-3)20(24-4)25-17-13-21-19(22-17)26-20/h11-12,17H,5-10,13H2,1-4H3,(H,21,22). The molecule has 2 heterocycles. The van der Waals surface area contributed by atoms with E-state index in [1.807, 2.05) is 6.07 Å². The third-order valence-electron chi connectivity index (χ3n) is 5.04. The molecule has 2 aliphatic rings. The van der Waals surface area contributed by atoms with E-state index in [9.17, 15) is 0 Å². The molecule has 0 spiro atoms. The predicted molar refractivity (Wildman–Crippen MR) is 100 cm³/mol. The average Bonchev–Trinajstić information content (AvgIpc) is 3.02. The van der Waals surface area contributed by atoms with Crippen molar-refractivity contribution in [2.24, 2.45) is 4.99 Å². The van der Waals surface area contributed by atoms with Crippen LogP contribution in [0.15, 0.2) is 17.1 Å². The number of rotatable bonds is 9. The number of hydrogen-bond acceptors (Lipinski definition) is 6. The first-order valence-electron chi connectivity index (χ1n) is 9.59. The van der Waals surface area contributed by atoms with E-state index in [-0.39, 0.29) is 6.23 Å². The maximum Gasteiger partial charge on any atom is 0.363 e. The second kappa shape index (κ2) is 8.27. The molecule has 2 bridgehead atoms. The molecule has 26 heavy (non-hydrogen) atoms. The molecule has 0 saturated carbocycles. The zero-order valence-electron chi connectivity index (χ0n) is 16.3. The molecule has 1 fully saturated rings. The van der Waals surface area contributed by atoms with Crippen molar-refractivity contribution < 1.29 is 18.9 Å². The first-order valence-corrected chi connectivity index (χ1v) is 9.59. The lowest BCUT2D eigenvalue weighted by Crippen LogP contribution is -2.52. The van der Waals surface area contributed by atoms with Gasteiger partial charge in [-0.05, 0) is 36.5 Å². The van der Waals surface area contributed by atoms with Gasteiger partial charge in [-0.1, -0.05) is 39.2 Å². The molecule has 2 aliphatic heterocycles. The van der Waals surface area contributed by atoms with Crippen LogP contribution in [0.5, 0.6) is 5.75 Å². The Hall–Kier alpha value is -1.79. The number of hydrogen-bond donors (Lipinski definition) is 1. The van der Waals surface area contributed by atoms with E-state index in [4.69, 9.17) is 18.9 Å². The molecule has 0 aromatic heterocycles. The van der Waals surface area contributed by atoms with Crippen molar-refractivity contribution in [2.75, 3.05) is 20.8 Å². The second-order valence-electron chi connectivity index (χ2n) is 6.71. The summed E-state index contributed by atoms with van der Waals surface area (Å²) in [6.07, 6.45) is 6.52. The molecular weight excluding hydrogens is 332 g/mol. The average molecular weight is 362 g/mol. The number of ether oxygens (including phenoxy) is 4. The van der Waals surface area contributed by atoms with Gasteiger partial charge in [-0.2, -0.15) is 0 Å². The predicted octanol–water partition coefficient (Wildman–Crippen LogP) is 3.47. The van der Waals surface area contributed by atoms with Gasteiger partial charge < -0.3 is 19.5 Å². The number of aryl methyl sites for hydroxylation is 1. The van der Waals surface area contributed by atoms with Crippen molar-refractivity contribution in [3.8, 4) is 5.75 Å². The van der Waals surface area contributed by atoms with Gasteiger partial charge in [0.15, 0.2) is 6.23 Å². The summed E-state index contributed by atoms with van der Waals surface area (Å²) in [5.41, 5.74) is 3.27. The number of benzene rings is 1. The number of amidine groups is 1. The van der Waals surface area contributed by atoms with Gasteiger partial charge in [-0.3, -0.25) is 4.74 Å². The Morgan fingerprint density at radius 1 is 1.23 bits per heavy atom. The van der Waals surface area contributed by atoms with Gasteiger partial charge in [0, 0.05) is 7.11 Å². The number of fused-ring (bicyclic) bond motifs is 2. The molecule has 1 N–H and O–H groups in total. The molecule has 6 nitrogen and oxygen atoms in total. The summed E-state index contributed by atoms with van der Waals surface area (Å²) in [6, 6.07) is 4.57. The molecule has 1 aromatic carbocycles. The van der Waals surface area contributed by atoms with E-state index in [1.54, 1.807) is 14.2 Å². The summed E-state index contributed by atoms with van der Waals surface area (Å²) in [5, 5.41) is 3.06. The largest absolute Gasteiger partial charge is 0.496 e. The van der Waals surface area contributed by atoms with Gasteiger partial charge in [0.1, 0.15) is 5.75 Å². The molecule has 144 valence electrons. The van der Waals surface area contributed by atoms with Gasteiger partial charge in [0.05, 0.1) is 19.2 Å². The molecule has 2 unspecified atom stereocenters. The molecule has 3 rings (SSSR count). The van der Waals surface area contributed by atoms with E-state index in [2.05, 4.69) is 30.2 Å². The highest BCUT2D eigenvalue weighted by atomic mass is 16.9. The van der Waals surface area contributed by atoms with E-state index in [0.29, 0.717) is 12.6 Å². The normalized spacial score (nSPS) is 24.0. The van der Waals surface area contributed by atoms with Crippen LogP contribution in [-0.2, 0) is 33.0 Å². The topological polar surface area (TPSA) is 61.3 Å². The van der Waals surface area contributed by atoms with Crippen molar-refractivity contribution >= 4 is 6.02 Å². The van der Waals surface area contributed by atoms with E-state index in [0.717, 1.165) is 30.6 Å². The number of unbranched alkanes of at least 4 members (excludes halogenated alkanes) is 3. The quantitative estimate of drug-likeness (QED) is 0.682. The Bertz CT molecular complexity index is 661. The lowest BCUT2D eigenvalue weighted by Gasteiger charge is -2.38. The minimum atomic E-state index is -1.33. The smallest absolute Gasteiger partial charge is 0.363 e. The fraction of sp³-hybridized carbons (Fsp3) is 0.650. The maximum absolute atomic E-state index is 6.06. The van der Waals surface area contributed by atoms with Gasteiger partial charge >= 0.3 is 5.97 Å². The lowest BCUT2D eigenvalue weighted by atomic mass is 9.94. The lowest BCUT2D eigenvalue weighted by molar-refractivity contribution is -0.380. The Balaban J connectivity index is 1.97. The second-order valence-corrected chi connectivity index (χ2v) is 6.71. The molecule has 2 atom stereocenters. The van der Waals surface area contributed by atoms with Crippen molar-refractivity contribution in [1.29, 1.82) is 0 Å². The van der Waals surface area contributed by atoms with Crippen molar-refractivity contribution in [3.63, 3.8) is 0 Å². The summed E-state index contributed by atoms with van der Waals surface area (Å²) in [4.78, 5) is 4.29. The van der Waals surface area contributed by atoms with Gasteiger partial charge in [-0.25, -0.2) is 4.99 Å². The summed E-state index contributed by atoms with van der Waals surface area (Å²) in [5.74, 6) is -0.536. The fourth-order valence-electron chi connectivity index (χ4n) is 3.66. The molecular formula is C20H30N2O4. The summed E-state index contributed by atoms with van der Waals surface area (Å²) < 4.78 is 23.6. The summed E-state index contributed by atoms with van der Waals surface area (Å²) in [7, 11) is 3.28. The van der Waals surface area contributed by atoms with Crippen LogP contribution >= 0.6 is 0 Å². The molecule has 0 radical (unpaired) electrons. The zero-order chi connectivity index (χ0) is 18.6. The molecule has 0 aliphatic carbocycles. The van der Waals surface area contributed by atoms with Crippen LogP contribution < -0.4 is 10.1 Å². The van der Waals surface area contributed by atoms with E-state index < -0.39 is 5.97 Å². The minimum Gasteiger partial charge on any atom is -0.496 e. The monoisotopic (exact) mass is 362 g/mol. The first kappa shape index (κ1) is 19.0. The Morgan fingerprint density at radius 3 is 2.73 bits per heavy atom. The Labute approximate surface area is 155 Å². The van der Waals surface area contributed by atoms with Crippen molar-refractivity contribution in [2.45, 2.75) is 64.6 Å². The highest BCUT2D eigenvalue weighted by Crippen LogP contribution is 2.42. The van der Waals surface area contributed by atoms with Crippen LogP contribution in [0.4, 0.5) is 0 Å². The number of nitrogens with zero attached hydrogens (tertiary/aromatic N) is 1.